The summed E-state index contributed by atoms with van der Waals surface area (Å²) in [6.45, 7) is 6.15. The van der Waals surface area contributed by atoms with Crippen LogP contribution in [0.15, 0.2) is 24.3 Å². The lowest BCUT2D eigenvalue weighted by molar-refractivity contribution is -0.238. The molecule has 1 heterocycles. The third kappa shape index (κ3) is 5.16. The van der Waals surface area contributed by atoms with Crippen LogP contribution in [0.5, 0.6) is 0 Å². The summed E-state index contributed by atoms with van der Waals surface area (Å²) in [5.41, 5.74) is -2.33. The quantitative estimate of drug-likeness (QED) is 0.390. The second-order valence-electron chi connectivity index (χ2n) is 8.50. The summed E-state index contributed by atoms with van der Waals surface area (Å²) < 4.78 is 53.2. The van der Waals surface area contributed by atoms with Gasteiger partial charge < -0.3 is 14.0 Å². The van der Waals surface area contributed by atoms with Crippen molar-refractivity contribution in [1.29, 1.82) is 0 Å². The number of carbonyl (C=O) groups excluding carboxylic acids is 3. The summed E-state index contributed by atoms with van der Waals surface area (Å²) in [5, 5.41) is 0. The van der Waals surface area contributed by atoms with E-state index in [-0.39, 0.29) is 5.56 Å². The second kappa shape index (κ2) is 8.60. The Morgan fingerprint density at radius 2 is 1.73 bits per heavy atom. The van der Waals surface area contributed by atoms with Crippen LogP contribution in [-0.4, -0.2) is 39.5 Å². The first-order valence-corrected chi connectivity index (χ1v) is 10.4. The average molecular weight is 445 g/mol. The number of Topliss-reactive ketones (excluding diaryl/α,β-unsaturated/α-hetero) is 1. The zero-order chi connectivity index (χ0) is 22.9. The Kier molecular flexibility index (Phi) is 6.95. The molecular formula is C20H25F2NO6S. The molecule has 2 atom stereocenters. The van der Waals surface area contributed by atoms with Crippen molar-refractivity contribution in [3.63, 3.8) is 0 Å². The molecule has 0 saturated carbocycles. The van der Waals surface area contributed by atoms with Crippen LogP contribution < -0.4 is 4.72 Å². The number of hydrogen-bond acceptors (Lipinski definition) is 7. The van der Waals surface area contributed by atoms with Crippen molar-refractivity contribution in [3.8, 4) is 0 Å². The number of halogens is 2. The zero-order valence-electron chi connectivity index (χ0n) is 17.4. The number of alkyl halides is 1. The highest BCUT2D eigenvalue weighted by Crippen LogP contribution is 2.34. The van der Waals surface area contributed by atoms with Crippen LogP contribution in [0.2, 0.25) is 0 Å². The van der Waals surface area contributed by atoms with Gasteiger partial charge in [0.15, 0.2) is 5.78 Å². The van der Waals surface area contributed by atoms with Gasteiger partial charge in [-0.25, -0.2) is 8.78 Å². The molecule has 10 heteroatoms. The van der Waals surface area contributed by atoms with Crippen molar-refractivity contribution in [2.24, 2.45) is 5.92 Å². The molecule has 7 nitrogen and oxygen atoms in total. The van der Waals surface area contributed by atoms with Crippen LogP contribution in [-0.2, 0) is 40.8 Å². The predicted octanol–water partition coefficient (Wildman–Crippen LogP) is 2.45. The number of ketones is 1. The van der Waals surface area contributed by atoms with Crippen LogP contribution in [0.25, 0.3) is 0 Å². The molecule has 0 radical (unpaired) electrons. The molecular weight excluding hydrogens is 420 g/mol. The van der Waals surface area contributed by atoms with E-state index in [0.717, 1.165) is 6.07 Å². The third-order valence-electron chi connectivity index (χ3n) is 4.42. The Labute approximate surface area is 176 Å². The number of carbonyl (C=O) groups is 3. The van der Waals surface area contributed by atoms with Crippen LogP contribution in [0.1, 0.15) is 46.6 Å². The van der Waals surface area contributed by atoms with Gasteiger partial charge in [-0.1, -0.05) is 18.2 Å². The van der Waals surface area contributed by atoms with Crippen molar-refractivity contribution >= 4 is 29.1 Å². The van der Waals surface area contributed by atoms with E-state index in [9.17, 15) is 27.7 Å². The number of cyclic esters (lactones) is 2. The first-order chi connectivity index (χ1) is 13.7. The minimum absolute atomic E-state index is 0.253. The van der Waals surface area contributed by atoms with Gasteiger partial charge in [0.25, 0.3) is 5.79 Å². The molecule has 1 aliphatic rings. The summed E-state index contributed by atoms with van der Waals surface area (Å²) in [4.78, 5) is 37.3. The molecule has 0 aliphatic carbocycles. The number of benzene rings is 1. The van der Waals surface area contributed by atoms with Crippen molar-refractivity contribution in [3.05, 3.63) is 35.6 Å². The molecule has 2 rings (SSSR count). The van der Waals surface area contributed by atoms with E-state index >= 15 is 0 Å². The van der Waals surface area contributed by atoms with Crippen molar-refractivity contribution in [1.82, 2.24) is 4.72 Å². The van der Waals surface area contributed by atoms with E-state index in [2.05, 4.69) is 4.72 Å². The number of hydrogen-bond donors (Lipinski definition) is 1. The van der Waals surface area contributed by atoms with E-state index < -0.39 is 70.0 Å². The van der Waals surface area contributed by atoms with Gasteiger partial charge in [0.05, 0.1) is 0 Å². The van der Waals surface area contributed by atoms with Gasteiger partial charge in [0.2, 0.25) is 5.92 Å². The molecule has 1 aliphatic heterocycles. The largest absolute Gasteiger partial charge is 0.598 e. The van der Waals surface area contributed by atoms with Crippen molar-refractivity contribution in [2.45, 2.75) is 57.1 Å². The molecule has 166 valence electrons. The maximum absolute atomic E-state index is 14.6. The highest BCUT2D eigenvalue weighted by Gasteiger charge is 2.51. The van der Waals surface area contributed by atoms with Gasteiger partial charge in [0.1, 0.15) is 22.8 Å². The molecule has 1 aromatic carbocycles. The maximum Gasteiger partial charge on any atom is 0.331 e. The molecule has 0 bridgehead atoms. The van der Waals surface area contributed by atoms with Crippen LogP contribution >= 0.6 is 0 Å². The lowest BCUT2D eigenvalue weighted by Crippen LogP contribution is -2.56. The Morgan fingerprint density at radius 1 is 1.20 bits per heavy atom. The first-order valence-electron chi connectivity index (χ1n) is 9.21. The van der Waals surface area contributed by atoms with Gasteiger partial charge in [0, 0.05) is 37.2 Å². The first kappa shape index (κ1) is 24.2. The fraction of sp³-hybridized carbons (Fsp3) is 0.550. The van der Waals surface area contributed by atoms with Crippen LogP contribution in [0.3, 0.4) is 0 Å². The Morgan fingerprint density at radius 3 is 2.20 bits per heavy atom. The summed E-state index contributed by atoms with van der Waals surface area (Å²) in [6.07, 6.45) is -0.832. The van der Waals surface area contributed by atoms with Gasteiger partial charge >= 0.3 is 11.9 Å². The molecule has 0 aromatic heterocycles. The molecule has 0 amide bonds. The average Bonchev–Trinajstić information content (AvgIpc) is 2.58. The highest BCUT2D eigenvalue weighted by molar-refractivity contribution is 7.90. The predicted molar refractivity (Wildman–Crippen MR) is 104 cm³/mol. The zero-order valence-corrected chi connectivity index (χ0v) is 18.2. The van der Waals surface area contributed by atoms with E-state index in [1.807, 2.05) is 0 Å². The third-order valence-corrected chi connectivity index (χ3v) is 6.11. The number of nitrogens with one attached hydrogen (secondary N) is 1. The molecule has 1 aromatic rings. The topological polar surface area (TPSA) is 105 Å². The monoisotopic (exact) mass is 445 g/mol. The van der Waals surface area contributed by atoms with Gasteiger partial charge in [-0.15, -0.1) is 4.72 Å². The molecule has 30 heavy (non-hydrogen) atoms. The lowest BCUT2D eigenvalue weighted by Gasteiger charge is -2.37. The van der Waals surface area contributed by atoms with E-state index in [1.165, 1.54) is 32.0 Å². The van der Waals surface area contributed by atoms with Crippen LogP contribution in [0.4, 0.5) is 8.78 Å². The van der Waals surface area contributed by atoms with E-state index in [1.54, 1.807) is 20.8 Å². The molecule has 2 unspecified atom stereocenters. The summed E-state index contributed by atoms with van der Waals surface area (Å²) >= 11 is -1.91. The Hall–Kier alpha value is -2.04. The van der Waals surface area contributed by atoms with E-state index in [0.29, 0.717) is 0 Å². The number of rotatable bonds is 7. The van der Waals surface area contributed by atoms with Crippen molar-refractivity contribution in [2.75, 3.05) is 6.67 Å². The molecule has 1 saturated heterocycles. The fourth-order valence-electron chi connectivity index (χ4n) is 2.89. The Bertz CT molecular complexity index is 821. The Balaban J connectivity index is 2.45. The summed E-state index contributed by atoms with van der Waals surface area (Å²) in [6, 6.07) is 5.12. The maximum atomic E-state index is 14.6. The van der Waals surface area contributed by atoms with Crippen LogP contribution in [0, 0.1) is 11.7 Å². The van der Waals surface area contributed by atoms with Crippen molar-refractivity contribution < 1.29 is 37.2 Å². The summed E-state index contributed by atoms with van der Waals surface area (Å²) in [5.74, 6) is -7.64. The van der Waals surface area contributed by atoms with Gasteiger partial charge in [-0.05, 0) is 26.8 Å². The van der Waals surface area contributed by atoms with E-state index in [4.69, 9.17) is 9.47 Å². The fourth-order valence-corrected chi connectivity index (χ4v) is 3.79. The normalized spacial score (nSPS) is 20.1. The van der Waals surface area contributed by atoms with Gasteiger partial charge in [-0.2, -0.15) is 0 Å². The molecule has 1 N–H and O–H groups in total. The highest BCUT2D eigenvalue weighted by atomic mass is 32.2. The number of esters is 2. The molecule has 0 spiro atoms. The standard InChI is InChI=1S/C20H25F2NO6S/c1-18(2,3)30(27)23-20(11-21,12-8-6-7-9-13(12)22)10-14(24)15-16(25)28-19(4,5)29-17(15)26/h6-9,15,23H,10-11H2,1-5H3. The smallest absolute Gasteiger partial charge is 0.331 e. The molecule has 1 fully saturated rings. The number of ether oxygens (including phenoxy) is 2. The van der Waals surface area contributed by atoms with Gasteiger partial charge in [-0.3, -0.25) is 14.4 Å². The SMILES string of the molecule is CC1(C)OC(=O)C(C(=O)CC(CF)(N[S+]([O-])C(C)(C)C)c2ccccc2F)C(=O)O1. The lowest BCUT2D eigenvalue weighted by atomic mass is 9.83. The summed E-state index contributed by atoms with van der Waals surface area (Å²) in [7, 11) is 0. The minimum atomic E-state index is -2.08. The second-order valence-corrected chi connectivity index (χ2v) is 10.5. The minimum Gasteiger partial charge on any atom is -0.598 e.